The average Bonchev–Trinajstić information content (AvgIpc) is 3.19. The topological polar surface area (TPSA) is 85.4 Å². The van der Waals surface area contributed by atoms with Gasteiger partial charge in [0, 0.05) is 18.4 Å². The molecule has 3 amide bonds. The van der Waals surface area contributed by atoms with Crippen molar-refractivity contribution in [3.8, 4) is 0 Å². The van der Waals surface area contributed by atoms with Gasteiger partial charge in [-0.05, 0) is 45.6 Å². The van der Waals surface area contributed by atoms with E-state index in [1.54, 1.807) is 11.0 Å². The van der Waals surface area contributed by atoms with E-state index in [9.17, 15) is 14.4 Å². The van der Waals surface area contributed by atoms with Crippen molar-refractivity contribution in [2.45, 2.75) is 75.7 Å². The predicted octanol–water partition coefficient (Wildman–Crippen LogP) is 4.25. The Hall–Kier alpha value is -2.87. The van der Waals surface area contributed by atoms with Crippen LogP contribution < -0.4 is 0 Å². The van der Waals surface area contributed by atoms with Crippen LogP contribution in [-0.2, 0) is 19.0 Å². The van der Waals surface area contributed by atoms with Crippen LogP contribution in [0.1, 0.15) is 57.9 Å². The third-order valence-corrected chi connectivity index (χ3v) is 6.72. The zero-order chi connectivity index (χ0) is 24.5. The van der Waals surface area contributed by atoms with Crippen molar-refractivity contribution >= 4 is 18.1 Å². The minimum atomic E-state index is -0.623. The van der Waals surface area contributed by atoms with Gasteiger partial charge in [-0.3, -0.25) is 4.79 Å². The molecule has 8 heteroatoms. The molecule has 3 aliphatic rings. The van der Waals surface area contributed by atoms with E-state index in [-0.39, 0.29) is 37.0 Å². The van der Waals surface area contributed by atoms with Crippen molar-refractivity contribution in [3.05, 3.63) is 48.6 Å². The Labute approximate surface area is 200 Å². The van der Waals surface area contributed by atoms with Crippen LogP contribution in [0, 0.1) is 0 Å². The summed E-state index contributed by atoms with van der Waals surface area (Å²) in [7, 11) is 0. The van der Waals surface area contributed by atoms with Crippen molar-refractivity contribution in [3.63, 3.8) is 0 Å². The maximum absolute atomic E-state index is 13.2. The molecule has 8 nitrogen and oxygen atoms in total. The molecule has 4 rings (SSSR count). The Morgan fingerprint density at radius 2 is 2.00 bits per heavy atom. The summed E-state index contributed by atoms with van der Waals surface area (Å²) < 4.78 is 16.7. The minimum absolute atomic E-state index is 0.0885. The quantitative estimate of drug-likeness (QED) is 0.554. The summed E-state index contributed by atoms with van der Waals surface area (Å²) >= 11 is 0. The van der Waals surface area contributed by atoms with Crippen LogP contribution in [0.3, 0.4) is 0 Å². The van der Waals surface area contributed by atoms with E-state index < -0.39 is 23.3 Å². The Bertz CT molecular complexity index is 942. The van der Waals surface area contributed by atoms with Crippen LogP contribution in [0.2, 0.25) is 0 Å². The second-order valence-electron chi connectivity index (χ2n) is 10.4. The highest BCUT2D eigenvalue weighted by Crippen LogP contribution is 2.58. The second kappa shape index (κ2) is 9.41. The number of benzene rings is 1. The number of hydrogen-bond donors (Lipinski definition) is 0. The highest BCUT2D eigenvalue weighted by Gasteiger charge is 2.66. The second-order valence-corrected chi connectivity index (χ2v) is 10.4. The van der Waals surface area contributed by atoms with Crippen LogP contribution in [0.4, 0.5) is 9.59 Å². The molecule has 0 bridgehead atoms. The molecule has 1 aromatic rings. The lowest BCUT2D eigenvalue weighted by atomic mass is 10.0. The normalized spacial score (nSPS) is 28.2. The third-order valence-electron chi connectivity index (χ3n) is 6.72. The number of carbonyl (C=O) groups excluding carboxylic acids is 3. The van der Waals surface area contributed by atoms with Crippen molar-refractivity contribution < 1.29 is 28.6 Å². The molecule has 0 radical (unpaired) electrons. The van der Waals surface area contributed by atoms with Crippen molar-refractivity contribution in [2.24, 2.45) is 0 Å². The van der Waals surface area contributed by atoms with Gasteiger partial charge in [-0.15, -0.1) is 6.58 Å². The van der Waals surface area contributed by atoms with E-state index in [2.05, 4.69) is 6.58 Å². The van der Waals surface area contributed by atoms with Gasteiger partial charge in [-0.2, -0.15) is 0 Å². The summed E-state index contributed by atoms with van der Waals surface area (Å²) in [5, 5.41) is 0. The van der Waals surface area contributed by atoms with E-state index in [4.69, 9.17) is 14.2 Å². The van der Waals surface area contributed by atoms with Gasteiger partial charge in [-0.25, -0.2) is 14.5 Å². The van der Waals surface area contributed by atoms with Crippen LogP contribution in [0.15, 0.2) is 43.0 Å². The van der Waals surface area contributed by atoms with E-state index in [0.29, 0.717) is 32.4 Å². The largest absolute Gasteiger partial charge is 0.447 e. The Kier molecular flexibility index (Phi) is 6.71. The first-order chi connectivity index (χ1) is 16.1. The van der Waals surface area contributed by atoms with Crippen LogP contribution in [0.5, 0.6) is 0 Å². The molecule has 3 unspecified atom stereocenters. The molecule has 2 aliphatic heterocycles. The smallest absolute Gasteiger partial charge is 0.417 e. The number of cyclic esters (lactones) is 1. The van der Waals surface area contributed by atoms with Crippen LogP contribution in [-0.4, -0.2) is 70.9 Å². The van der Waals surface area contributed by atoms with E-state index >= 15 is 0 Å². The summed E-state index contributed by atoms with van der Waals surface area (Å²) in [6.45, 7) is 10.2. The number of nitrogens with zero attached hydrogens (tertiary/aromatic N) is 2. The molecule has 1 aliphatic carbocycles. The standard InChI is InChI=1S/C26H34N2O6/c1-5-13-32-20-14-19(27(16-20)23(30)34-25(2,3)4)11-12-22(29)28-24(31)33-17-26(28)15-21(26)18-9-7-6-8-10-18/h5-10,19-21H,1,11-17H2,2-4H3/t19?,20?,21-,26?/m0/s1. The molecule has 0 N–H and O–H groups in total. The number of carbonyl (C=O) groups is 3. The lowest BCUT2D eigenvalue weighted by molar-refractivity contribution is -0.130. The molecule has 34 heavy (non-hydrogen) atoms. The van der Waals surface area contributed by atoms with Crippen molar-refractivity contribution in [1.82, 2.24) is 9.80 Å². The molecule has 3 fully saturated rings. The maximum Gasteiger partial charge on any atom is 0.417 e. The van der Waals surface area contributed by atoms with Gasteiger partial charge in [0.1, 0.15) is 12.2 Å². The first-order valence-corrected chi connectivity index (χ1v) is 11.9. The van der Waals surface area contributed by atoms with Gasteiger partial charge < -0.3 is 19.1 Å². The van der Waals surface area contributed by atoms with Gasteiger partial charge in [0.05, 0.1) is 24.8 Å². The first kappa shape index (κ1) is 24.3. The van der Waals surface area contributed by atoms with Gasteiger partial charge in [0.25, 0.3) is 0 Å². The van der Waals surface area contributed by atoms with Gasteiger partial charge in [0.2, 0.25) is 5.91 Å². The Balaban J connectivity index is 1.42. The van der Waals surface area contributed by atoms with Gasteiger partial charge >= 0.3 is 12.2 Å². The molecule has 1 spiro atoms. The Morgan fingerprint density at radius 3 is 2.68 bits per heavy atom. The fraction of sp³-hybridized carbons (Fsp3) is 0.577. The molecule has 2 saturated heterocycles. The summed E-state index contributed by atoms with van der Waals surface area (Å²) in [6.07, 6.45) is 2.38. The fourth-order valence-electron chi connectivity index (χ4n) is 5.08. The van der Waals surface area contributed by atoms with Crippen LogP contribution >= 0.6 is 0 Å². The number of hydrogen-bond acceptors (Lipinski definition) is 6. The molecule has 0 aromatic heterocycles. The Morgan fingerprint density at radius 1 is 1.26 bits per heavy atom. The van der Waals surface area contributed by atoms with E-state index in [1.807, 2.05) is 51.1 Å². The lowest BCUT2D eigenvalue weighted by Gasteiger charge is -2.29. The highest BCUT2D eigenvalue weighted by molar-refractivity contribution is 5.95. The molecule has 184 valence electrons. The highest BCUT2D eigenvalue weighted by atomic mass is 16.6. The summed E-state index contributed by atoms with van der Waals surface area (Å²) in [5.74, 6) is -0.175. The fourth-order valence-corrected chi connectivity index (χ4v) is 5.08. The zero-order valence-electron chi connectivity index (χ0n) is 20.2. The third kappa shape index (κ3) is 4.97. The SMILES string of the molecule is C=CCOC1CC(CCC(=O)N2C(=O)OCC23C[C@H]3c2ccccc2)N(C(=O)OC(C)(C)C)C1. The predicted molar refractivity (Wildman–Crippen MR) is 125 cm³/mol. The minimum Gasteiger partial charge on any atom is -0.447 e. The lowest BCUT2D eigenvalue weighted by Crippen LogP contribution is -2.43. The molecule has 1 saturated carbocycles. The number of likely N-dealkylation sites (tertiary alicyclic amines) is 1. The molecular weight excluding hydrogens is 436 g/mol. The maximum atomic E-state index is 13.2. The van der Waals surface area contributed by atoms with E-state index in [1.165, 1.54) is 4.90 Å². The van der Waals surface area contributed by atoms with E-state index in [0.717, 1.165) is 5.56 Å². The van der Waals surface area contributed by atoms with Crippen molar-refractivity contribution in [2.75, 3.05) is 19.8 Å². The monoisotopic (exact) mass is 470 g/mol. The van der Waals surface area contributed by atoms with Crippen molar-refractivity contribution in [1.29, 1.82) is 0 Å². The summed E-state index contributed by atoms with van der Waals surface area (Å²) in [6, 6.07) is 9.69. The first-order valence-electron chi connectivity index (χ1n) is 11.9. The van der Waals surface area contributed by atoms with Gasteiger partial charge in [0.15, 0.2) is 0 Å². The molecular formula is C26H34N2O6. The molecule has 2 heterocycles. The average molecular weight is 471 g/mol. The number of amides is 3. The van der Waals surface area contributed by atoms with Gasteiger partial charge in [-0.1, -0.05) is 36.4 Å². The zero-order valence-corrected chi connectivity index (χ0v) is 20.2. The van der Waals surface area contributed by atoms with Crippen LogP contribution in [0.25, 0.3) is 0 Å². The molecule has 1 aromatic carbocycles. The molecule has 4 atom stereocenters. The summed E-state index contributed by atoms with van der Waals surface area (Å²) in [4.78, 5) is 41.5. The number of imide groups is 1. The number of ether oxygens (including phenoxy) is 3. The summed E-state index contributed by atoms with van der Waals surface area (Å²) in [5.41, 5.74) is -0.111. The number of rotatable bonds is 7.